The first-order valence-electron chi connectivity index (χ1n) is 6.84. The third-order valence-electron chi connectivity index (χ3n) is 3.73. The zero-order valence-electron chi connectivity index (χ0n) is 11.1. The van der Waals surface area contributed by atoms with Crippen molar-refractivity contribution in [2.45, 2.75) is 25.9 Å². The number of aliphatic hydroxyl groups excluding tert-OH is 1. The van der Waals surface area contributed by atoms with Crippen LogP contribution in [0.25, 0.3) is 0 Å². The van der Waals surface area contributed by atoms with Crippen LogP contribution < -0.4 is 4.74 Å². The summed E-state index contributed by atoms with van der Waals surface area (Å²) in [6.45, 7) is 5.77. The molecule has 1 N–H and O–H groups in total. The fraction of sp³-hybridized carbons (Fsp3) is 0.600. The van der Waals surface area contributed by atoms with Gasteiger partial charge in [-0.2, -0.15) is 0 Å². The van der Waals surface area contributed by atoms with Crippen molar-refractivity contribution in [1.29, 1.82) is 0 Å². The van der Waals surface area contributed by atoms with Crippen LogP contribution in [-0.2, 0) is 0 Å². The Labute approximate surface area is 109 Å². The van der Waals surface area contributed by atoms with E-state index in [1.807, 2.05) is 37.3 Å². The number of hydrogen-bond donors (Lipinski definition) is 1. The third kappa shape index (κ3) is 4.00. The summed E-state index contributed by atoms with van der Waals surface area (Å²) >= 11 is 0. The van der Waals surface area contributed by atoms with Gasteiger partial charge in [-0.1, -0.05) is 18.2 Å². The molecule has 1 fully saturated rings. The van der Waals surface area contributed by atoms with E-state index < -0.39 is 0 Å². The zero-order valence-corrected chi connectivity index (χ0v) is 11.1. The van der Waals surface area contributed by atoms with Crippen molar-refractivity contribution in [3.05, 3.63) is 30.3 Å². The summed E-state index contributed by atoms with van der Waals surface area (Å²) in [5.74, 6) is 1.42. The van der Waals surface area contributed by atoms with Crippen molar-refractivity contribution in [3.8, 4) is 5.75 Å². The highest BCUT2D eigenvalue weighted by Gasteiger charge is 2.22. The maximum Gasteiger partial charge on any atom is 0.119 e. The predicted octanol–water partition coefficient (Wildman–Crippen LogP) is 2.16. The van der Waals surface area contributed by atoms with Crippen LogP contribution in [0, 0.1) is 5.92 Å². The molecule has 0 aliphatic carbocycles. The molecule has 1 heterocycles. The first-order valence-corrected chi connectivity index (χ1v) is 6.84. The average Bonchev–Trinajstić information content (AvgIpc) is 2.40. The number of nitrogens with zero attached hydrogens (tertiary/aromatic N) is 1. The van der Waals surface area contributed by atoms with Crippen LogP contribution in [0.4, 0.5) is 0 Å². The van der Waals surface area contributed by atoms with Gasteiger partial charge in [0.25, 0.3) is 0 Å². The van der Waals surface area contributed by atoms with E-state index in [1.54, 1.807) is 0 Å². The van der Waals surface area contributed by atoms with E-state index in [1.165, 1.54) is 0 Å². The van der Waals surface area contributed by atoms with Gasteiger partial charge in [0, 0.05) is 6.54 Å². The van der Waals surface area contributed by atoms with Crippen molar-refractivity contribution in [2.75, 3.05) is 26.2 Å². The largest absolute Gasteiger partial charge is 0.492 e. The second-order valence-corrected chi connectivity index (χ2v) is 5.08. The van der Waals surface area contributed by atoms with Crippen molar-refractivity contribution in [1.82, 2.24) is 4.90 Å². The van der Waals surface area contributed by atoms with Gasteiger partial charge in [0.1, 0.15) is 12.4 Å². The van der Waals surface area contributed by atoms with Gasteiger partial charge in [-0.05, 0) is 50.9 Å². The topological polar surface area (TPSA) is 32.7 Å². The van der Waals surface area contributed by atoms with E-state index in [2.05, 4.69) is 4.90 Å². The van der Waals surface area contributed by atoms with Crippen LogP contribution in [0.3, 0.4) is 0 Å². The molecule has 0 amide bonds. The fourth-order valence-electron chi connectivity index (χ4n) is 2.47. The Morgan fingerprint density at radius 3 is 2.56 bits per heavy atom. The van der Waals surface area contributed by atoms with E-state index in [9.17, 15) is 5.11 Å². The number of para-hydroxylation sites is 1. The molecular formula is C15H23NO2. The molecule has 18 heavy (non-hydrogen) atoms. The smallest absolute Gasteiger partial charge is 0.119 e. The summed E-state index contributed by atoms with van der Waals surface area (Å²) < 4.78 is 5.69. The molecule has 1 aromatic carbocycles. The van der Waals surface area contributed by atoms with E-state index in [4.69, 9.17) is 4.74 Å². The Morgan fingerprint density at radius 1 is 1.28 bits per heavy atom. The predicted molar refractivity (Wildman–Crippen MR) is 72.8 cm³/mol. The minimum absolute atomic E-state index is 0.160. The molecule has 1 atom stereocenters. The number of piperidine rings is 1. The normalized spacial score (nSPS) is 19.7. The standard InChI is InChI=1S/C15H23NO2/c1-13(17)14-7-9-16(10-8-14)11-12-18-15-5-3-2-4-6-15/h2-6,13-14,17H,7-12H2,1H3. The molecule has 1 unspecified atom stereocenters. The average molecular weight is 249 g/mol. The highest BCUT2D eigenvalue weighted by atomic mass is 16.5. The highest BCUT2D eigenvalue weighted by molar-refractivity contribution is 5.20. The summed E-state index contributed by atoms with van der Waals surface area (Å²) in [5.41, 5.74) is 0. The number of likely N-dealkylation sites (tertiary alicyclic amines) is 1. The Hall–Kier alpha value is -1.06. The number of aliphatic hydroxyl groups is 1. The van der Waals surface area contributed by atoms with Crippen LogP contribution in [0.5, 0.6) is 5.75 Å². The summed E-state index contributed by atoms with van der Waals surface area (Å²) in [4.78, 5) is 2.42. The summed E-state index contributed by atoms with van der Waals surface area (Å²) in [6.07, 6.45) is 2.04. The van der Waals surface area contributed by atoms with Gasteiger partial charge >= 0.3 is 0 Å². The van der Waals surface area contributed by atoms with Crippen LogP contribution in [0.1, 0.15) is 19.8 Å². The number of ether oxygens (including phenoxy) is 1. The molecule has 3 nitrogen and oxygen atoms in total. The number of benzene rings is 1. The van der Waals surface area contributed by atoms with Gasteiger partial charge in [-0.3, -0.25) is 4.90 Å². The second kappa shape index (κ2) is 6.76. The molecule has 1 aliphatic heterocycles. The summed E-state index contributed by atoms with van der Waals surface area (Å²) in [5, 5.41) is 9.54. The minimum Gasteiger partial charge on any atom is -0.492 e. The van der Waals surface area contributed by atoms with Crippen molar-refractivity contribution in [3.63, 3.8) is 0 Å². The van der Waals surface area contributed by atoms with E-state index in [0.717, 1.165) is 44.8 Å². The quantitative estimate of drug-likeness (QED) is 0.868. The molecule has 0 bridgehead atoms. The van der Waals surface area contributed by atoms with Gasteiger partial charge in [0.2, 0.25) is 0 Å². The van der Waals surface area contributed by atoms with Crippen molar-refractivity contribution >= 4 is 0 Å². The first-order chi connectivity index (χ1) is 8.75. The molecule has 1 saturated heterocycles. The van der Waals surface area contributed by atoms with Crippen LogP contribution in [0.2, 0.25) is 0 Å². The summed E-state index contributed by atoms with van der Waals surface area (Å²) in [7, 11) is 0. The molecule has 100 valence electrons. The molecular weight excluding hydrogens is 226 g/mol. The SMILES string of the molecule is CC(O)C1CCN(CCOc2ccccc2)CC1. The monoisotopic (exact) mass is 249 g/mol. The van der Waals surface area contributed by atoms with Gasteiger partial charge in [-0.25, -0.2) is 0 Å². The van der Waals surface area contributed by atoms with Gasteiger partial charge in [0.05, 0.1) is 6.10 Å². The molecule has 0 radical (unpaired) electrons. The Kier molecular flexibility index (Phi) is 5.02. The van der Waals surface area contributed by atoms with Crippen molar-refractivity contribution in [2.24, 2.45) is 5.92 Å². The molecule has 0 saturated carbocycles. The van der Waals surface area contributed by atoms with Crippen LogP contribution >= 0.6 is 0 Å². The molecule has 0 spiro atoms. The van der Waals surface area contributed by atoms with E-state index in [0.29, 0.717) is 5.92 Å². The van der Waals surface area contributed by atoms with Crippen LogP contribution in [0.15, 0.2) is 30.3 Å². The van der Waals surface area contributed by atoms with Gasteiger partial charge in [0.15, 0.2) is 0 Å². The lowest BCUT2D eigenvalue weighted by molar-refractivity contribution is 0.0672. The lowest BCUT2D eigenvalue weighted by Crippen LogP contribution is -2.39. The second-order valence-electron chi connectivity index (χ2n) is 5.08. The Bertz CT molecular complexity index is 332. The lowest BCUT2D eigenvalue weighted by Gasteiger charge is -2.33. The van der Waals surface area contributed by atoms with E-state index >= 15 is 0 Å². The highest BCUT2D eigenvalue weighted by Crippen LogP contribution is 2.20. The Morgan fingerprint density at radius 2 is 1.94 bits per heavy atom. The first kappa shape index (κ1) is 13.4. The van der Waals surface area contributed by atoms with Crippen molar-refractivity contribution < 1.29 is 9.84 Å². The third-order valence-corrected chi connectivity index (χ3v) is 3.73. The molecule has 0 aromatic heterocycles. The Balaban J connectivity index is 1.64. The van der Waals surface area contributed by atoms with Gasteiger partial charge < -0.3 is 9.84 Å². The lowest BCUT2D eigenvalue weighted by atomic mass is 9.92. The maximum atomic E-state index is 9.54. The fourth-order valence-corrected chi connectivity index (χ4v) is 2.47. The maximum absolute atomic E-state index is 9.54. The van der Waals surface area contributed by atoms with Crippen LogP contribution in [-0.4, -0.2) is 42.4 Å². The van der Waals surface area contributed by atoms with E-state index in [-0.39, 0.29) is 6.10 Å². The van der Waals surface area contributed by atoms with Gasteiger partial charge in [-0.15, -0.1) is 0 Å². The minimum atomic E-state index is -0.160. The molecule has 1 aromatic rings. The number of hydrogen-bond acceptors (Lipinski definition) is 3. The molecule has 3 heteroatoms. The molecule has 2 rings (SSSR count). The molecule has 1 aliphatic rings. The zero-order chi connectivity index (χ0) is 12.8. The number of rotatable bonds is 5. The summed E-state index contributed by atoms with van der Waals surface area (Å²) in [6, 6.07) is 9.94.